The predicted molar refractivity (Wildman–Crippen MR) is 88.5 cm³/mol. The Morgan fingerprint density at radius 2 is 2.04 bits per heavy atom. The molecule has 1 amide bonds. The third-order valence-electron chi connectivity index (χ3n) is 3.61. The van der Waals surface area contributed by atoms with E-state index in [1.807, 2.05) is 32.9 Å². The number of nitrogens with zero attached hydrogens (tertiary/aromatic N) is 2. The molecule has 0 radical (unpaired) electrons. The molecule has 0 saturated carbocycles. The molecular weight excluding hydrogens is 294 g/mol. The fourth-order valence-electron chi connectivity index (χ4n) is 2.45. The molecule has 1 saturated heterocycles. The van der Waals surface area contributed by atoms with Crippen LogP contribution in [0.25, 0.3) is 0 Å². The third kappa shape index (κ3) is 5.71. The molecular formula is C17H27N3O3. The van der Waals surface area contributed by atoms with Crippen molar-refractivity contribution in [3.63, 3.8) is 0 Å². The molecule has 0 spiro atoms. The van der Waals surface area contributed by atoms with Crippen LogP contribution in [0.15, 0.2) is 18.3 Å². The van der Waals surface area contributed by atoms with Crippen molar-refractivity contribution in [1.82, 2.24) is 9.88 Å². The molecule has 0 atom stereocenters. The number of aromatic nitrogens is 1. The van der Waals surface area contributed by atoms with Crippen molar-refractivity contribution in [2.24, 2.45) is 5.73 Å². The molecule has 2 rings (SSSR count). The summed E-state index contributed by atoms with van der Waals surface area (Å²) in [6.45, 7) is 7.53. The minimum atomic E-state index is -0.459. The lowest BCUT2D eigenvalue weighted by atomic mass is 10.1. The molecule has 23 heavy (non-hydrogen) atoms. The Labute approximate surface area is 138 Å². The van der Waals surface area contributed by atoms with Crippen LogP contribution in [0.2, 0.25) is 0 Å². The van der Waals surface area contributed by atoms with Gasteiger partial charge in [0.15, 0.2) is 0 Å². The zero-order chi connectivity index (χ0) is 16.9. The third-order valence-corrected chi connectivity index (χ3v) is 3.61. The normalized spacial score (nSPS) is 16.3. The number of pyridine rings is 1. The Kier molecular flexibility index (Phi) is 5.82. The Morgan fingerprint density at radius 1 is 1.35 bits per heavy atom. The number of hydrogen-bond acceptors (Lipinski definition) is 5. The van der Waals surface area contributed by atoms with Crippen LogP contribution in [-0.4, -0.2) is 47.3 Å². The Bertz CT molecular complexity index is 503. The minimum absolute atomic E-state index is 0.0848. The van der Waals surface area contributed by atoms with E-state index in [0.717, 1.165) is 24.8 Å². The van der Waals surface area contributed by atoms with Gasteiger partial charge in [0.1, 0.15) is 11.7 Å². The summed E-state index contributed by atoms with van der Waals surface area (Å²) in [5, 5.41) is 0. The van der Waals surface area contributed by atoms with E-state index in [9.17, 15) is 4.79 Å². The van der Waals surface area contributed by atoms with Gasteiger partial charge in [-0.25, -0.2) is 9.78 Å². The summed E-state index contributed by atoms with van der Waals surface area (Å²) >= 11 is 0. The molecule has 1 fully saturated rings. The summed E-state index contributed by atoms with van der Waals surface area (Å²) in [7, 11) is 0. The largest absolute Gasteiger partial charge is 0.474 e. The molecule has 1 aliphatic rings. The van der Waals surface area contributed by atoms with Crippen LogP contribution in [0.3, 0.4) is 0 Å². The molecule has 6 heteroatoms. The highest BCUT2D eigenvalue weighted by atomic mass is 16.6. The summed E-state index contributed by atoms with van der Waals surface area (Å²) in [6, 6.07) is 3.87. The summed E-state index contributed by atoms with van der Waals surface area (Å²) in [4.78, 5) is 18.1. The molecule has 0 unspecified atom stereocenters. The van der Waals surface area contributed by atoms with Gasteiger partial charge in [0.05, 0.1) is 0 Å². The number of nitrogens with two attached hydrogens (primary N) is 1. The summed E-state index contributed by atoms with van der Waals surface area (Å²) in [5.74, 6) is 0.626. The number of ether oxygens (including phenoxy) is 2. The van der Waals surface area contributed by atoms with Crippen molar-refractivity contribution in [2.75, 3.05) is 19.6 Å². The van der Waals surface area contributed by atoms with Crippen LogP contribution >= 0.6 is 0 Å². The zero-order valence-electron chi connectivity index (χ0n) is 14.2. The van der Waals surface area contributed by atoms with Gasteiger partial charge in [0, 0.05) is 38.2 Å². The molecule has 0 aromatic carbocycles. The van der Waals surface area contributed by atoms with Gasteiger partial charge in [-0.05, 0) is 39.3 Å². The highest BCUT2D eigenvalue weighted by molar-refractivity contribution is 5.68. The molecule has 2 heterocycles. The maximum absolute atomic E-state index is 12.0. The van der Waals surface area contributed by atoms with E-state index in [1.54, 1.807) is 11.1 Å². The van der Waals surface area contributed by atoms with Crippen molar-refractivity contribution in [1.29, 1.82) is 0 Å². The molecule has 0 bridgehead atoms. The van der Waals surface area contributed by atoms with Crippen molar-refractivity contribution < 1.29 is 14.3 Å². The van der Waals surface area contributed by atoms with Crippen molar-refractivity contribution >= 4 is 6.09 Å². The topological polar surface area (TPSA) is 77.7 Å². The molecule has 128 valence electrons. The van der Waals surface area contributed by atoms with Crippen LogP contribution in [0.4, 0.5) is 4.79 Å². The highest BCUT2D eigenvalue weighted by Crippen LogP contribution is 2.19. The van der Waals surface area contributed by atoms with Crippen molar-refractivity contribution in [2.45, 2.75) is 51.7 Å². The number of carbonyl (C=O) groups excluding carboxylic acids is 1. The van der Waals surface area contributed by atoms with Crippen LogP contribution in [-0.2, 0) is 11.2 Å². The maximum atomic E-state index is 12.0. The highest BCUT2D eigenvalue weighted by Gasteiger charge is 2.27. The zero-order valence-corrected chi connectivity index (χ0v) is 14.2. The van der Waals surface area contributed by atoms with Crippen LogP contribution in [0.1, 0.15) is 39.2 Å². The minimum Gasteiger partial charge on any atom is -0.474 e. The fraction of sp³-hybridized carbons (Fsp3) is 0.647. The van der Waals surface area contributed by atoms with Crippen LogP contribution < -0.4 is 10.5 Å². The van der Waals surface area contributed by atoms with Gasteiger partial charge >= 0.3 is 6.09 Å². The van der Waals surface area contributed by atoms with E-state index in [2.05, 4.69) is 4.98 Å². The van der Waals surface area contributed by atoms with E-state index in [1.165, 1.54) is 0 Å². The van der Waals surface area contributed by atoms with Gasteiger partial charge in [0.2, 0.25) is 5.88 Å². The first kappa shape index (κ1) is 17.5. The second-order valence-electron chi connectivity index (χ2n) is 6.83. The number of amides is 1. The Balaban J connectivity index is 1.79. The molecule has 2 N–H and O–H groups in total. The van der Waals surface area contributed by atoms with Crippen LogP contribution in [0, 0.1) is 0 Å². The molecule has 0 aliphatic carbocycles. The number of rotatable bonds is 4. The van der Waals surface area contributed by atoms with E-state index in [4.69, 9.17) is 15.2 Å². The monoisotopic (exact) mass is 321 g/mol. The first-order chi connectivity index (χ1) is 10.9. The number of carbonyl (C=O) groups is 1. The summed E-state index contributed by atoms with van der Waals surface area (Å²) < 4.78 is 11.3. The van der Waals surface area contributed by atoms with E-state index in [-0.39, 0.29) is 12.2 Å². The number of hydrogen-bond donors (Lipinski definition) is 1. The molecule has 6 nitrogen and oxygen atoms in total. The fourth-order valence-corrected chi connectivity index (χ4v) is 2.45. The lowest BCUT2D eigenvalue weighted by molar-refractivity contribution is 0.0123. The standard InChI is InChI=1S/C17H27N3O3/c1-17(2,3)23-16(21)20-10-7-14(8-11-20)22-15-5-4-13(6-9-18)12-19-15/h4-5,12,14H,6-11,18H2,1-3H3. The quantitative estimate of drug-likeness (QED) is 0.921. The molecule has 1 aliphatic heterocycles. The van der Waals surface area contributed by atoms with Crippen molar-refractivity contribution in [3.8, 4) is 5.88 Å². The second-order valence-corrected chi connectivity index (χ2v) is 6.83. The molecule has 1 aromatic rings. The maximum Gasteiger partial charge on any atom is 0.410 e. The van der Waals surface area contributed by atoms with Crippen molar-refractivity contribution in [3.05, 3.63) is 23.9 Å². The number of piperidine rings is 1. The Morgan fingerprint density at radius 3 is 2.57 bits per heavy atom. The van der Waals surface area contributed by atoms with Crippen LogP contribution in [0.5, 0.6) is 5.88 Å². The number of likely N-dealkylation sites (tertiary alicyclic amines) is 1. The van der Waals surface area contributed by atoms with Gasteiger partial charge in [-0.1, -0.05) is 6.07 Å². The summed E-state index contributed by atoms with van der Waals surface area (Å²) in [5.41, 5.74) is 6.17. The van der Waals surface area contributed by atoms with Gasteiger partial charge < -0.3 is 20.1 Å². The first-order valence-corrected chi connectivity index (χ1v) is 8.17. The van der Waals surface area contributed by atoms with E-state index in [0.29, 0.717) is 25.5 Å². The van der Waals surface area contributed by atoms with Gasteiger partial charge in [-0.15, -0.1) is 0 Å². The SMILES string of the molecule is CC(C)(C)OC(=O)N1CCC(Oc2ccc(CCN)cn2)CC1. The van der Waals surface area contributed by atoms with Gasteiger partial charge in [-0.3, -0.25) is 0 Å². The lowest BCUT2D eigenvalue weighted by Crippen LogP contribution is -2.44. The smallest absolute Gasteiger partial charge is 0.410 e. The lowest BCUT2D eigenvalue weighted by Gasteiger charge is -2.33. The van der Waals surface area contributed by atoms with Gasteiger partial charge in [-0.2, -0.15) is 0 Å². The van der Waals surface area contributed by atoms with Gasteiger partial charge in [0.25, 0.3) is 0 Å². The Hall–Kier alpha value is -1.82. The average molecular weight is 321 g/mol. The predicted octanol–water partition coefficient (Wildman–Crippen LogP) is 2.36. The first-order valence-electron chi connectivity index (χ1n) is 8.17. The second kappa shape index (κ2) is 7.64. The van der Waals surface area contributed by atoms with E-state index >= 15 is 0 Å². The summed E-state index contributed by atoms with van der Waals surface area (Å²) in [6.07, 6.45) is 4.03. The average Bonchev–Trinajstić information content (AvgIpc) is 2.48. The van der Waals surface area contributed by atoms with E-state index < -0.39 is 5.60 Å². The molecule has 1 aromatic heterocycles.